The molecule has 136 valence electrons. The molecule has 0 aliphatic carbocycles. The Morgan fingerprint density at radius 3 is 2.58 bits per heavy atom. The summed E-state index contributed by atoms with van der Waals surface area (Å²) in [5.74, 6) is 0.225. The van der Waals surface area contributed by atoms with Crippen molar-refractivity contribution in [2.24, 2.45) is 5.92 Å². The number of nitrogens with zero attached hydrogens (tertiary/aromatic N) is 1. The van der Waals surface area contributed by atoms with Crippen molar-refractivity contribution in [2.75, 3.05) is 33.2 Å². The van der Waals surface area contributed by atoms with E-state index < -0.39 is 10.0 Å². The molecule has 24 heavy (non-hydrogen) atoms. The van der Waals surface area contributed by atoms with Crippen molar-refractivity contribution < 1.29 is 13.2 Å². The van der Waals surface area contributed by atoms with Crippen molar-refractivity contribution in [1.29, 1.82) is 0 Å². The van der Waals surface area contributed by atoms with Gasteiger partial charge in [-0.05, 0) is 44.9 Å². The highest BCUT2D eigenvalue weighted by atomic mass is 35.5. The Bertz CT molecular complexity index is 634. The van der Waals surface area contributed by atoms with Gasteiger partial charge < -0.3 is 10.2 Å². The van der Waals surface area contributed by atoms with Crippen LogP contribution in [0.3, 0.4) is 0 Å². The first kappa shape index (κ1) is 20.9. The molecule has 0 spiro atoms. The molecule has 2 N–H and O–H groups in total. The van der Waals surface area contributed by atoms with Crippen LogP contribution < -0.4 is 10.0 Å². The first-order chi connectivity index (χ1) is 10.9. The molecule has 1 aromatic carbocycles. The second-order valence-electron chi connectivity index (χ2n) is 6.04. The highest BCUT2D eigenvalue weighted by molar-refractivity contribution is 7.89. The van der Waals surface area contributed by atoms with E-state index >= 15 is 0 Å². The maximum atomic E-state index is 12.3. The molecule has 1 aliphatic heterocycles. The number of piperidine rings is 1. The van der Waals surface area contributed by atoms with Gasteiger partial charge in [0.2, 0.25) is 15.9 Å². The van der Waals surface area contributed by atoms with Gasteiger partial charge in [0.05, 0.1) is 11.4 Å². The average Bonchev–Trinajstić information content (AvgIpc) is 2.54. The van der Waals surface area contributed by atoms with Crippen LogP contribution in [0.2, 0.25) is 0 Å². The van der Waals surface area contributed by atoms with Gasteiger partial charge in [-0.3, -0.25) is 4.79 Å². The molecule has 1 aliphatic rings. The zero-order valence-electron chi connectivity index (χ0n) is 14.1. The molecule has 1 atom stereocenters. The number of hydrogen-bond acceptors (Lipinski definition) is 4. The number of nitrogens with one attached hydrogen (secondary N) is 2. The Morgan fingerprint density at radius 2 is 1.96 bits per heavy atom. The number of halogens is 1. The summed E-state index contributed by atoms with van der Waals surface area (Å²) >= 11 is 0. The van der Waals surface area contributed by atoms with Crippen molar-refractivity contribution >= 4 is 28.3 Å². The van der Waals surface area contributed by atoms with Crippen LogP contribution in [0.4, 0.5) is 0 Å². The van der Waals surface area contributed by atoms with E-state index in [0.29, 0.717) is 19.6 Å². The minimum Gasteiger partial charge on any atom is -0.341 e. The van der Waals surface area contributed by atoms with E-state index in [1.165, 1.54) is 0 Å². The SMILES string of the molecule is CNCC(=O)N1CCCC(CNS(=O)(=O)c2ccc(C)cc2)C1.Cl. The highest BCUT2D eigenvalue weighted by Crippen LogP contribution is 2.17. The summed E-state index contributed by atoms with van der Waals surface area (Å²) in [6, 6.07) is 6.79. The van der Waals surface area contributed by atoms with Gasteiger partial charge >= 0.3 is 0 Å². The molecule has 2 rings (SSSR count). The summed E-state index contributed by atoms with van der Waals surface area (Å²) in [7, 11) is -1.75. The third kappa shape index (κ3) is 5.73. The Kier molecular flexibility index (Phi) is 8.15. The molecule has 1 unspecified atom stereocenters. The molecule has 1 saturated heterocycles. The lowest BCUT2D eigenvalue weighted by Gasteiger charge is -2.32. The van der Waals surface area contributed by atoms with Crippen LogP contribution in [0, 0.1) is 12.8 Å². The molecule has 1 heterocycles. The molecule has 8 heteroatoms. The zero-order chi connectivity index (χ0) is 16.9. The molecular formula is C16H26ClN3O3S. The minimum atomic E-state index is -3.49. The lowest BCUT2D eigenvalue weighted by Crippen LogP contribution is -2.46. The Morgan fingerprint density at radius 1 is 1.29 bits per heavy atom. The predicted molar refractivity (Wildman–Crippen MR) is 96.8 cm³/mol. The maximum Gasteiger partial charge on any atom is 0.240 e. The molecule has 0 radical (unpaired) electrons. The fourth-order valence-corrected chi connectivity index (χ4v) is 3.87. The maximum absolute atomic E-state index is 12.3. The van der Waals surface area contributed by atoms with Crippen LogP contribution in [0.5, 0.6) is 0 Å². The monoisotopic (exact) mass is 375 g/mol. The van der Waals surface area contributed by atoms with Crippen molar-refractivity contribution in [3.63, 3.8) is 0 Å². The number of amides is 1. The molecule has 1 aromatic rings. The summed E-state index contributed by atoms with van der Waals surface area (Å²) < 4.78 is 27.3. The minimum absolute atomic E-state index is 0. The van der Waals surface area contributed by atoms with E-state index in [-0.39, 0.29) is 29.1 Å². The average molecular weight is 376 g/mol. The highest BCUT2D eigenvalue weighted by Gasteiger charge is 2.24. The summed E-state index contributed by atoms with van der Waals surface area (Å²) in [6.45, 7) is 3.96. The van der Waals surface area contributed by atoms with E-state index in [0.717, 1.165) is 24.9 Å². The number of benzene rings is 1. The van der Waals surface area contributed by atoms with Crippen LogP contribution in [0.25, 0.3) is 0 Å². The van der Waals surface area contributed by atoms with Gasteiger partial charge in [0.25, 0.3) is 0 Å². The standard InChI is InChI=1S/C16H25N3O3S.ClH/c1-13-5-7-15(8-6-13)23(21,22)18-10-14-4-3-9-19(12-14)16(20)11-17-2;/h5-8,14,17-18H,3-4,9-12H2,1-2H3;1H. The predicted octanol–water partition coefficient (Wildman–Crippen LogP) is 1.15. The van der Waals surface area contributed by atoms with E-state index in [9.17, 15) is 13.2 Å². The van der Waals surface area contributed by atoms with Gasteiger partial charge in [0, 0.05) is 19.6 Å². The van der Waals surface area contributed by atoms with Crippen molar-refractivity contribution in [3.05, 3.63) is 29.8 Å². The fourth-order valence-electron chi connectivity index (χ4n) is 2.75. The number of aryl methyl sites for hydroxylation is 1. The van der Waals surface area contributed by atoms with Gasteiger partial charge in [-0.25, -0.2) is 13.1 Å². The number of likely N-dealkylation sites (N-methyl/N-ethyl adjacent to an activating group) is 1. The lowest BCUT2D eigenvalue weighted by molar-refractivity contribution is -0.131. The third-order valence-corrected chi connectivity index (χ3v) is 5.53. The first-order valence-corrected chi connectivity index (χ1v) is 9.39. The summed E-state index contributed by atoms with van der Waals surface area (Å²) in [6.07, 6.45) is 1.84. The molecule has 1 amide bonds. The number of hydrogen-bond donors (Lipinski definition) is 2. The van der Waals surface area contributed by atoms with Crippen molar-refractivity contribution in [2.45, 2.75) is 24.7 Å². The Balaban J connectivity index is 0.00000288. The third-order valence-electron chi connectivity index (χ3n) is 4.09. The van der Waals surface area contributed by atoms with Gasteiger partial charge in [-0.1, -0.05) is 17.7 Å². The zero-order valence-corrected chi connectivity index (χ0v) is 15.8. The summed E-state index contributed by atoms with van der Waals surface area (Å²) in [4.78, 5) is 14.0. The Hall–Kier alpha value is -1.15. The quantitative estimate of drug-likeness (QED) is 0.781. The van der Waals surface area contributed by atoms with Crippen LogP contribution >= 0.6 is 12.4 Å². The number of likely N-dealkylation sites (tertiary alicyclic amines) is 1. The van der Waals surface area contributed by atoms with Crippen LogP contribution in [0.1, 0.15) is 18.4 Å². The van der Waals surface area contributed by atoms with E-state index in [1.807, 2.05) is 11.8 Å². The van der Waals surface area contributed by atoms with E-state index in [4.69, 9.17) is 0 Å². The topological polar surface area (TPSA) is 78.5 Å². The molecule has 6 nitrogen and oxygen atoms in total. The van der Waals surface area contributed by atoms with Crippen LogP contribution in [-0.4, -0.2) is 52.5 Å². The van der Waals surface area contributed by atoms with Gasteiger partial charge in [0.1, 0.15) is 0 Å². The molecule has 0 bridgehead atoms. The van der Waals surface area contributed by atoms with Gasteiger partial charge in [0.15, 0.2) is 0 Å². The molecule has 0 aromatic heterocycles. The molecule has 0 saturated carbocycles. The molecule has 1 fully saturated rings. The summed E-state index contributed by atoms with van der Waals surface area (Å²) in [5.41, 5.74) is 1.02. The first-order valence-electron chi connectivity index (χ1n) is 7.91. The second-order valence-corrected chi connectivity index (χ2v) is 7.81. The van der Waals surface area contributed by atoms with Gasteiger partial charge in [-0.15, -0.1) is 12.4 Å². The number of carbonyl (C=O) groups is 1. The summed E-state index contributed by atoms with van der Waals surface area (Å²) in [5, 5.41) is 2.86. The van der Waals surface area contributed by atoms with Crippen LogP contribution in [-0.2, 0) is 14.8 Å². The van der Waals surface area contributed by atoms with E-state index in [2.05, 4.69) is 10.0 Å². The second kappa shape index (κ2) is 9.36. The van der Waals surface area contributed by atoms with Crippen molar-refractivity contribution in [1.82, 2.24) is 14.9 Å². The van der Waals surface area contributed by atoms with Crippen LogP contribution in [0.15, 0.2) is 29.2 Å². The van der Waals surface area contributed by atoms with E-state index in [1.54, 1.807) is 31.3 Å². The number of sulfonamides is 1. The number of rotatable bonds is 6. The normalized spacial score (nSPS) is 18.1. The van der Waals surface area contributed by atoms with Crippen molar-refractivity contribution in [3.8, 4) is 0 Å². The fraction of sp³-hybridized carbons (Fsp3) is 0.562. The lowest BCUT2D eigenvalue weighted by atomic mass is 9.98. The van der Waals surface area contributed by atoms with Gasteiger partial charge in [-0.2, -0.15) is 0 Å². The largest absolute Gasteiger partial charge is 0.341 e. The Labute approximate surface area is 150 Å². The number of carbonyl (C=O) groups excluding carboxylic acids is 1. The molecular weight excluding hydrogens is 350 g/mol. The smallest absolute Gasteiger partial charge is 0.240 e.